The molecule has 130 valence electrons. The molecule has 2 N–H and O–H groups in total. The van der Waals surface area contributed by atoms with Crippen molar-refractivity contribution in [2.75, 3.05) is 19.8 Å². The number of hydrogen-bond donors (Lipinski definition) is 1. The van der Waals surface area contributed by atoms with Gasteiger partial charge in [0.05, 0.1) is 16.7 Å². The molecule has 0 fully saturated rings. The number of hydrogen-bond acceptors (Lipinski definition) is 4. The zero-order chi connectivity index (χ0) is 17.5. The predicted octanol–water partition coefficient (Wildman–Crippen LogP) is 4.96. The molecule has 2 rings (SSSR count). The molecule has 0 aliphatic carbocycles. The molecule has 0 saturated carbocycles. The van der Waals surface area contributed by atoms with Crippen LogP contribution in [0.1, 0.15) is 12.5 Å². The number of nitrogens with two attached hydrogens (primary N) is 1. The molecule has 7 heteroatoms. The lowest BCUT2D eigenvalue weighted by atomic mass is 10.2. The van der Waals surface area contributed by atoms with Crippen LogP contribution in [0.4, 0.5) is 0 Å². The summed E-state index contributed by atoms with van der Waals surface area (Å²) in [6.07, 6.45) is 0. The lowest BCUT2D eigenvalue weighted by Crippen LogP contribution is -2.11. The molecule has 4 nitrogen and oxygen atoms in total. The van der Waals surface area contributed by atoms with E-state index in [0.717, 1.165) is 5.56 Å². The van der Waals surface area contributed by atoms with Gasteiger partial charge in [-0.3, -0.25) is 0 Å². The highest BCUT2D eigenvalue weighted by Crippen LogP contribution is 2.36. The molecule has 0 saturated heterocycles. The first-order valence-electron chi connectivity index (χ1n) is 7.41. The Morgan fingerprint density at radius 1 is 0.875 bits per heavy atom. The smallest absolute Gasteiger partial charge is 0.179 e. The fourth-order valence-electron chi connectivity index (χ4n) is 2.03. The van der Waals surface area contributed by atoms with E-state index in [0.29, 0.717) is 52.1 Å². The minimum Gasteiger partial charge on any atom is -0.490 e. The van der Waals surface area contributed by atoms with Crippen molar-refractivity contribution in [1.29, 1.82) is 0 Å². The summed E-state index contributed by atoms with van der Waals surface area (Å²) >= 11 is 18.1. The lowest BCUT2D eigenvalue weighted by Gasteiger charge is -2.15. The molecule has 0 aromatic heterocycles. The van der Waals surface area contributed by atoms with Gasteiger partial charge < -0.3 is 19.9 Å². The average Bonchev–Trinajstić information content (AvgIpc) is 2.55. The summed E-state index contributed by atoms with van der Waals surface area (Å²) in [6.45, 7) is 3.33. The molecule has 2 aromatic rings. The van der Waals surface area contributed by atoms with Gasteiger partial charge in [0.15, 0.2) is 11.5 Å². The first-order valence-corrected chi connectivity index (χ1v) is 8.54. The van der Waals surface area contributed by atoms with Crippen molar-refractivity contribution in [2.24, 2.45) is 5.73 Å². The minimum absolute atomic E-state index is 0.278. The van der Waals surface area contributed by atoms with E-state index in [-0.39, 0.29) is 6.61 Å². The maximum atomic E-state index is 6.25. The Balaban J connectivity index is 1.98. The third-order valence-corrected chi connectivity index (χ3v) is 3.90. The van der Waals surface area contributed by atoms with Crippen molar-refractivity contribution in [3.63, 3.8) is 0 Å². The fourth-order valence-corrected chi connectivity index (χ4v) is 2.78. The van der Waals surface area contributed by atoms with Gasteiger partial charge in [0.2, 0.25) is 0 Å². The van der Waals surface area contributed by atoms with Gasteiger partial charge in [-0.2, -0.15) is 0 Å². The van der Waals surface area contributed by atoms with Crippen LogP contribution in [0.2, 0.25) is 15.1 Å². The monoisotopic (exact) mass is 389 g/mol. The van der Waals surface area contributed by atoms with Crippen LogP contribution in [0.15, 0.2) is 30.3 Å². The fraction of sp³-hybridized carbons (Fsp3) is 0.294. The van der Waals surface area contributed by atoms with Gasteiger partial charge in [0.1, 0.15) is 19.0 Å². The van der Waals surface area contributed by atoms with Crippen molar-refractivity contribution in [3.8, 4) is 17.2 Å². The highest BCUT2D eigenvalue weighted by atomic mass is 35.5. The summed E-state index contributed by atoms with van der Waals surface area (Å²) in [6, 6.07) is 8.62. The molecular formula is C17H18Cl3NO3. The Bertz CT molecular complexity index is 695. The van der Waals surface area contributed by atoms with Crippen LogP contribution in [-0.4, -0.2) is 19.8 Å². The molecule has 0 spiro atoms. The summed E-state index contributed by atoms with van der Waals surface area (Å²) in [5.41, 5.74) is 6.52. The van der Waals surface area contributed by atoms with E-state index in [9.17, 15) is 0 Å². The first kappa shape index (κ1) is 19.0. The molecule has 0 aliphatic rings. The Kier molecular flexibility index (Phi) is 7.31. The third-order valence-electron chi connectivity index (χ3n) is 3.09. The number of ether oxygens (including phenoxy) is 3. The van der Waals surface area contributed by atoms with Crippen molar-refractivity contribution in [2.45, 2.75) is 13.5 Å². The second-order valence-electron chi connectivity index (χ2n) is 4.81. The molecule has 0 atom stereocenters. The van der Waals surface area contributed by atoms with Gasteiger partial charge in [-0.15, -0.1) is 0 Å². The Morgan fingerprint density at radius 2 is 1.62 bits per heavy atom. The van der Waals surface area contributed by atoms with Gasteiger partial charge in [-0.05, 0) is 42.8 Å². The molecule has 2 aromatic carbocycles. The van der Waals surface area contributed by atoms with Gasteiger partial charge in [-0.25, -0.2) is 0 Å². The van der Waals surface area contributed by atoms with E-state index in [4.69, 9.17) is 54.7 Å². The number of benzene rings is 2. The van der Waals surface area contributed by atoms with Gasteiger partial charge in [-0.1, -0.05) is 34.8 Å². The van der Waals surface area contributed by atoms with E-state index in [1.807, 2.05) is 13.0 Å². The van der Waals surface area contributed by atoms with Crippen LogP contribution < -0.4 is 19.9 Å². The van der Waals surface area contributed by atoms with E-state index in [1.54, 1.807) is 24.3 Å². The van der Waals surface area contributed by atoms with Gasteiger partial charge in [0, 0.05) is 11.6 Å². The van der Waals surface area contributed by atoms with Gasteiger partial charge in [0.25, 0.3) is 0 Å². The molecule has 0 aliphatic heterocycles. The average molecular weight is 391 g/mol. The Morgan fingerprint density at radius 3 is 2.29 bits per heavy atom. The second kappa shape index (κ2) is 9.23. The first-order chi connectivity index (χ1) is 11.5. The largest absolute Gasteiger partial charge is 0.490 e. The van der Waals surface area contributed by atoms with Crippen LogP contribution in [0.5, 0.6) is 17.2 Å². The molecule has 0 heterocycles. The van der Waals surface area contributed by atoms with Crippen molar-refractivity contribution in [3.05, 3.63) is 51.0 Å². The molecular weight excluding hydrogens is 373 g/mol. The second-order valence-corrected chi connectivity index (χ2v) is 6.06. The molecule has 0 unspecified atom stereocenters. The van der Waals surface area contributed by atoms with Crippen LogP contribution >= 0.6 is 34.8 Å². The number of rotatable bonds is 8. The quantitative estimate of drug-likeness (QED) is 0.647. The topological polar surface area (TPSA) is 53.7 Å². The molecule has 24 heavy (non-hydrogen) atoms. The highest BCUT2D eigenvalue weighted by Gasteiger charge is 2.12. The third kappa shape index (κ3) is 5.08. The maximum absolute atomic E-state index is 6.25. The normalized spacial score (nSPS) is 10.5. The van der Waals surface area contributed by atoms with Crippen LogP contribution in [0.3, 0.4) is 0 Å². The summed E-state index contributed by atoms with van der Waals surface area (Å²) in [4.78, 5) is 0. The predicted molar refractivity (Wildman–Crippen MR) is 98.0 cm³/mol. The van der Waals surface area contributed by atoms with Crippen LogP contribution in [0.25, 0.3) is 0 Å². The highest BCUT2D eigenvalue weighted by molar-refractivity contribution is 6.35. The Hall–Kier alpha value is -1.33. The van der Waals surface area contributed by atoms with E-state index in [1.165, 1.54) is 0 Å². The van der Waals surface area contributed by atoms with Crippen molar-refractivity contribution in [1.82, 2.24) is 0 Å². The standard InChI is InChI=1S/C17H18Cl3NO3/c1-2-22-16-8-11(10-21)7-14(20)17(16)24-6-5-23-15-4-3-12(18)9-13(15)19/h3-4,7-9H,2,5-6,10,21H2,1H3. The van der Waals surface area contributed by atoms with E-state index >= 15 is 0 Å². The SMILES string of the molecule is CCOc1cc(CN)cc(Cl)c1OCCOc1ccc(Cl)cc1Cl. The number of halogens is 3. The van der Waals surface area contributed by atoms with Crippen molar-refractivity contribution >= 4 is 34.8 Å². The van der Waals surface area contributed by atoms with Crippen molar-refractivity contribution < 1.29 is 14.2 Å². The summed E-state index contributed by atoms with van der Waals surface area (Å²) < 4.78 is 16.9. The van der Waals surface area contributed by atoms with E-state index < -0.39 is 0 Å². The molecule has 0 radical (unpaired) electrons. The summed E-state index contributed by atoms with van der Waals surface area (Å²) in [7, 11) is 0. The van der Waals surface area contributed by atoms with Crippen LogP contribution in [0, 0.1) is 0 Å². The minimum atomic E-state index is 0.278. The Labute approximate surface area is 156 Å². The van der Waals surface area contributed by atoms with Gasteiger partial charge >= 0.3 is 0 Å². The zero-order valence-corrected chi connectivity index (χ0v) is 15.4. The molecule has 0 amide bonds. The van der Waals surface area contributed by atoms with E-state index in [2.05, 4.69) is 0 Å². The lowest BCUT2D eigenvalue weighted by molar-refractivity contribution is 0.208. The molecule has 0 bridgehead atoms. The van der Waals surface area contributed by atoms with Crippen LogP contribution in [-0.2, 0) is 6.54 Å². The maximum Gasteiger partial charge on any atom is 0.179 e. The summed E-state index contributed by atoms with van der Waals surface area (Å²) in [5.74, 6) is 1.58. The summed E-state index contributed by atoms with van der Waals surface area (Å²) in [5, 5.41) is 1.45. The zero-order valence-electron chi connectivity index (χ0n) is 13.2.